The number of anilines is 1. The topological polar surface area (TPSA) is 97.1 Å². The third-order valence-corrected chi connectivity index (χ3v) is 6.33. The first-order valence-electron chi connectivity index (χ1n) is 11.5. The number of amides is 2. The molecule has 1 aromatic rings. The number of halogens is 1. The van der Waals surface area contributed by atoms with Gasteiger partial charge in [0.25, 0.3) is 11.8 Å². The van der Waals surface area contributed by atoms with Crippen LogP contribution in [0.15, 0.2) is 12.1 Å². The zero-order chi connectivity index (χ0) is 23.8. The normalized spacial score (nSPS) is 19.5. The highest BCUT2D eigenvalue weighted by Gasteiger charge is 2.27. The van der Waals surface area contributed by atoms with Crippen molar-refractivity contribution in [3.8, 4) is 17.6 Å². The Hall–Kier alpha value is -2.47. The van der Waals surface area contributed by atoms with Crippen molar-refractivity contribution >= 4 is 29.1 Å². The lowest BCUT2D eigenvalue weighted by molar-refractivity contribution is -0.126. The van der Waals surface area contributed by atoms with Gasteiger partial charge in [0.15, 0.2) is 0 Å². The number of piperidine rings is 1. The Morgan fingerprint density at radius 2 is 2.06 bits per heavy atom. The van der Waals surface area contributed by atoms with E-state index in [1.165, 1.54) is 6.07 Å². The highest BCUT2D eigenvalue weighted by molar-refractivity contribution is 6.33. The van der Waals surface area contributed by atoms with Gasteiger partial charge < -0.3 is 25.4 Å². The van der Waals surface area contributed by atoms with E-state index < -0.39 is 0 Å². The Balaban J connectivity index is 1.48. The van der Waals surface area contributed by atoms with Gasteiger partial charge >= 0.3 is 0 Å². The second kappa shape index (κ2) is 12.1. The molecule has 0 aromatic heterocycles. The maximum Gasteiger partial charge on any atom is 0.298 e. The SMILES string of the molecule is CC#CC(=O)N1CCC(CN2CCOC(CNC(=O)c3cc(Cl)c(N)cc3OCC)C2)CC1. The molecule has 0 radical (unpaired) electrons. The molecule has 0 bridgehead atoms. The molecular weight excluding hydrogens is 444 g/mol. The van der Waals surface area contributed by atoms with E-state index in [2.05, 4.69) is 22.1 Å². The molecule has 2 aliphatic heterocycles. The molecule has 8 nitrogen and oxygen atoms in total. The van der Waals surface area contributed by atoms with Gasteiger partial charge in [0.2, 0.25) is 0 Å². The quantitative estimate of drug-likeness (QED) is 0.461. The molecule has 3 rings (SSSR count). The van der Waals surface area contributed by atoms with Crippen molar-refractivity contribution in [3.05, 3.63) is 22.7 Å². The van der Waals surface area contributed by atoms with Gasteiger partial charge in [-0.15, -0.1) is 0 Å². The average Bonchev–Trinajstić information content (AvgIpc) is 2.81. The molecule has 0 saturated carbocycles. The number of nitrogens with one attached hydrogen (secondary N) is 1. The van der Waals surface area contributed by atoms with Gasteiger partial charge in [-0.1, -0.05) is 17.5 Å². The fourth-order valence-corrected chi connectivity index (χ4v) is 4.43. The second-order valence-electron chi connectivity index (χ2n) is 8.38. The number of morpholine rings is 1. The van der Waals surface area contributed by atoms with Crippen LogP contribution in [0.25, 0.3) is 0 Å². The van der Waals surface area contributed by atoms with Gasteiger partial charge in [-0.05, 0) is 44.6 Å². The van der Waals surface area contributed by atoms with Crippen LogP contribution in [0.1, 0.15) is 37.0 Å². The molecule has 2 heterocycles. The van der Waals surface area contributed by atoms with Crippen LogP contribution in [-0.4, -0.2) is 80.2 Å². The molecule has 1 aromatic carbocycles. The smallest absolute Gasteiger partial charge is 0.298 e. The number of hydrogen-bond acceptors (Lipinski definition) is 6. The number of hydrogen-bond donors (Lipinski definition) is 2. The van der Waals surface area contributed by atoms with Crippen molar-refractivity contribution in [2.24, 2.45) is 5.92 Å². The van der Waals surface area contributed by atoms with Crippen molar-refractivity contribution in [1.29, 1.82) is 0 Å². The van der Waals surface area contributed by atoms with Gasteiger partial charge in [-0.2, -0.15) is 0 Å². The molecule has 33 heavy (non-hydrogen) atoms. The number of nitrogens with zero attached hydrogens (tertiary/aromatic N) is 2. The molecular formula is C24H33ClN4O4. The van der Waals surface area contributed by atoms with Gasteiger partial charge in [0, 0.05) is 45.3 Å². The Labute approximate surface area is 200 Å². The van der Waals surface area contributed by atoms with E-state index in [1.807, 2.05) is 11.8 Å². The predicted octanol–water partition coefficient (Wildman–Crippen LogP) is 2.01. The molecule has 3 N–H and O–H groups in total. The van der Waals surface area contributed by atoms with E-state index >= 15 is 0 Å². The molecule has 2 aliphatic rings. The summed E-state index contributed by atoms with van der Waals surface area (Å²) in [4.78, 5) is 28.9. The monoisotopic (exact) mass is 476 g/mol. The molecule has 1 unspecified atom stereocenters. The van der Waals surface area contributed by atoms with E-state index in [1.54, 1.807) is 13.0 Å². The maximum absolute atomic E-state index is 12.8. The van der Waals surface area contributed by atoms with Crippen molar-refractivity contribution < 1.29 is 19.1 Å². The van der Waals surface area contributed by atoms with Crippen LogP contribution in [0, 0.1) is 17.8 Å². The highest BCUT2D eigenvalue weighted by atomic mass is 35.5. The summed E-state index contributed by atoms with van der Waals surface area (Å²) in [5, 5.41) is 3.26. The summed E-state index contributed by atoms with van der Waals surface area (Å²) in [7, 11) is 0. The standard InChI is InChI=1S/C24H33ClN4O4/c1-3-5-23(30)29-8-6-17(7-9-29)15-28-10-11-33-18(16-28)14-27-24(31)19-12-20(25)21(26)13-22(19)32-4-2/h12-13,17-18H,4,6-11,14-16,26H2,1-2H3,(H,27,31). The first kappa shape index (κ1) is 25.2. The zero-order valence-electron chi connectivity index (χ0n) is 19.4. The van der Waals surface area contributed by atoms with Crippen molar-refractivity contribution in [1.82, 2.24) is 15.1 Å². The number of nitrogen functional groups attached to an aromatic ring is 1. The number of benzene rings is 1. The summed E-state index contributed by atoms with van der Waals surface area (Å²) in [6.45, 7) is 9.08. The van der Waals surface area contributed by atoms with Crippen LogP contribution in [0.3, 0.4) is 0 Å². The molecule has 9 heteroatoms. The third kappa shape index (κ3) is 7.00. The van der Waals surface area contributed by atoms with E-state index in [4.69, 9.17) is 26.8 Å². The van der Waals surface area contributed by atoms with Crippen LogP contribution >= 0.6 is 11.6 Å². The van der Waals surface area contributed by atoms with E-state index in [9.17, 15) is 9.59 Å². The predicted molar refractivity (Wildman–Crippen MR) is 128 cm³/mol. The summed E-state index contributed by atoms with van der Waals surface area (Å²) in [6, 6.07) is 3.11. The largest absolute Gasteiger partial charge is 0.493 e. The molecule has 2 amide bonds. The summed E-state index contributed by atoms with van der Waals surface area (Å²) in [5.41, 5.74) is 6.58. The minimum atomic E-state index is -0.270. The Morgan fingerprint density at radius 3 is 2.76 bits per heavy atom. The minimum absolute atomic E-state index is 0.0759. The van der Waals surface area contributed by atoms with Crippen LogP contribution in [-0.2, 0) is 9.53 Å². The minimum Gasteiger partial charge on any atom is -0.493 e. The van der Waals surface area contributed by atoms with Crippen LogP contribution in [0.5, 0.6) is 5.75 Å². The molecule has 1 atom stereocenters. The number of carbonyl (C=O) groups is 2. The lowest BCUT2D eigenvalue weighted by Crippen LogP contribution is -2.49. The van der Waals surface area contributed by atoms with Crippen molar-refractivity contribution in [3.63, 3.8) is 0 Å². The van der Waals surface area contributed by atoms with Gasteiger partial charge in [0.05, 0.1) is 35.6 Å². The zero-order valence-corrected chi connectivity index (χ0v) is 20.1. The summed E-state index contributed by atoms with van der Waals surface area (Å²) < 4.78 is 11.4. The molecule has 0 spiro atoms. The summed E-state index contributed by atoms with van der Waals surface area (Å²) in [5.74, 6) is 5.91. The highest BCUT2D eigenvalue weighted by Crippen LogP contribution is 2.29. The average molecular weight is 477 g/mol. The van der Waals surface area contributed by atoms with E-state index in [-0.39, 0.29) is 17.9 Å². The summed E-state index contributed by atoms with van der Waals surface area (Å²) >= 11 is 6.11. The number of carbonyl (C=O) groups excluding carboxylic acids is 2. The first-order valence-corrected chi connectivity index (χ1v) is 11.8. The Morgan fingerprint density at radius 1 is 1.30 bits per heavy atom. The van der Waals surface area contributed by atoms with Crippen LogP contribution in [0.2, 0.25) is 5.02 Å². The fourth-order valence-electron chi connectivity index (χ4n) is 4.26. The summed E-state index contributed by atoms with van der Waals surface area (Å²) in [6.07, 6.45) is 1.87. The molecule has 180 valence electrons. The maximum atomic E-state index is 12.8. The number of rotatable bonds is 7. The molecule has 2 saturated heterocycles. The second-order valence-corrected chi connectivity index (χ2v) is 8.78. The van der Waals surface area contributed by atoms with Crippen LogP contribution in [0.4, 0.5) is 5.69 Å². The van der Waals surface area contributed by atoms with Crippen molar-refractivity contribution in [2.75, 3.05) is 58.2 Å². The van der Waals surface area contributed by atoms with Gasteiger partial charge in [0.1, 0.15) is 5.75 Å². The molecule has 0 aliphatic carbocycles. The number of nitrogens with two attached hydrogens (primary N) is 1. The molecule has 2 fully saturated rings. The fraction of sp³-hybridized carbons (Fsp3) is 0.583. The number of ether oxygens (including phenoxy) is 2. The first-order chi connectivity index (χ1) is 15.9. The van der Waals surface area contributed by atoms with Crippen LogP contribution < -0.4 is 15.8 Å². The third-order valence-electron chi connectivity index (χ3n) is 6.01. The van der Waals surface area contributed by atoms with Crippen molar-refractivity contribution in [2.45, 2.75) is 32.8 Å². The lowest BCUT2D eigenvalue weighted by Gasteiger charge is -2.37. The van der Waals surface area contributed by atoms with Gasteiger partial charge in [-0.3, -0.25) is 14.5 Å². The lowest BCUT2D eigenvalue weighted by atomic mass is 9.95. The van der Waals surface area contributed by atoms with Gasteiger partial charge in [-0.25, -0.2) is 0 Å². The number of likely N-dealkylation sites (tertiary alicyclic amines) is 1. The van der Waals surface area contributed by atoms with E-state index in [0.29, 0.717) is 47.7 Å². The Kier molecular flexibility index (Phi) is 9.24. The van der Waals surface area contributed by atoms with E-state index in [0.717, 1.165) is 45.6 Å². The Bertz CT molecular complexity index is 906.